The molecule has 0 saturated heterocycles. The number of nitrogens with one attached hydrogen (secondary N) is 2. The molecule has 0 aliphatic rings. The van der Waals surface area contributed by atoms with Gasteiger partial charge in [-0.2, -0.15) is 0 Å². The lowest BCUT2D eigenvalue weighted by atomic mass is 10.3. The lowest BCUT2D eigenvalue weighted by molar-refractivity contribution is -0.123. The van der Waals surface area contributed by atoms with E-state index in [9.17, 15) is 4.79 Å². The molecule has 3 rings (SSSR count). The smallest absolute Gasteiger partial charge is 0.258 e. The Morgan fingerprint density at radius 2 is 1.48 bits per heavy atom. The highest BCUT2D eigenvalue weighted by molar-refractivity contribution is 5.77. The Balaban J connectivity index is 1.35. The first-order chi connectivity index (χ1) is 13.3. The summed E-state index contributed by atoms with van der Waals surface area (Å²) in [6, 6.07) is 18.4. The van der Waals surface area contributed by atoms with Crippen molar-refractivity contribution >= 4 is 11.9 Å². The molecule has 1 amide bonds. The molecule has 7 heteroatoms. The fraction of sp³-hybridized carbons (Fsp3) is 0.150. The van der Waals surface area contributed by atoms with Gasteiger partial charge >= 0.3 is 0 Å². The van der Waals surface area contributed by atoms with Crippen LogP contribution in [-0.4, -0.2) is 35.6 Å². The number of ether oxygens (including phenoxy) is 2. The number of para-hydroxylation sites is 1. The summed E-state index contributed by atoms with van der Waals surface area (Å²) in [4.78, 5) is 19.9. The molecule has 27 heavy (non-hydrogen) atoms. The molecule has 0 aliphatic heterocycles. The summed E-state index contributed by atoms with van der Waals surface area (Å²) in [5.74, 6) is 2.39. The van der Waals surface area contributed by atoms with Gasteiger partial charge in [0, 0.05) is 25.5 Å². The number of hydrogen-bond acceptors (Lipinski definition) is 6. The van der Waals surface area contributed by atoms with E-state index in [1.165, 1.54) is 0 Å². The van der Waals surface area contributed by atoms with Crippen LogP contribution in [0, 0.1) is 0 Å². The number of hydrogen-bond donors (Lipinski definition) is 2. The molecular formula is C20H20N4O3. The molecule has 0 unspecified atom stereocenters. The minimum atomic E-state index is -0.199. The number of carbonyl (C=O) groups is 1. The molecule has 7 nitrogen and oxygen atoms in total. The van der Waals surface area contributed by atoms with Crippen molar-refractivity contribution in [3.05, 3.63) is 73.1 Å². The maximum absolute atomic E-state index is 11.8. The van der Waals surface area contributed by atoms with E-state index >= 15 is 0 Å². The van der Waals surface area contributed by atoms with Crippen LogP contribution in [0.1, 0.15) is 0 Å². The highest BCUT2D eigenvalue weighted by Crippen LogP contribution is 2.23. The highest BCUT2D eigenvalue weighted by atomic mass is 16.5. The maximum Gasteiger partial charge on any atom is 0.258 e. The normalized spacial score (nSPS) is 10.1. The van der Waals surface area contributed by atoms with Gasteiger partial charge in [0.1, 0.15) is 17.2 Å². The Morgan fingerprint density at radius 1 is 0.815 bits per heavy atom. The van der Waals surface area contributed by atoms with Crippen molar-refractivity contribution < 1.29 is 14.3 Å². The van der Waals surface area contributed by atoms with Crippen LogP contribution in [0.5, 0.6) is 17.2 Å². The zero-order valence-electron chi connectivity index (χ0n) is 14.7. The Morgan fingerprint density at radius 3 is 2.22 bits per heavy atom. The molecule has 2 aromatic carbocycles. The van der Waals surface area contributed by atoms with E-state index in [2.05, 4.69) is 20.6 Å². The molecular weight excluding hydrogens is 344 g/mol. The minimum Gasteiger partial charge on any atom is -0.484 e. The molecule has 0 fully saturated rings. The average Bonchev–Trinajstić information content (AvgIpc) is 2.72. The third-order valence-corrected chi connectivity index (χ3v) is 3.47. The summed E-state index contributed by atoms with van der Waals surface area (Å²) in [6.45, 7) is 0.923. The predicted molar refractivity (Wildman–Crippen MR) is 102 cm³/mol. The average molecular weight is 364 g/mol. The lowest BCUT2D eigenvalue weighted by Gasteiger charge is -2.09. The van der Waals surface area contributed by atoms with Gasteiger partial charge in [0.05, 0.1) is 0 Å². The Labute approximate surface area is 157 Å². The molecule has 0 radical (unpaired) electrons. The van der Waals surface area contributed by atoms with E-state index in [0.717, 1.165) is 5.75 Å². The zero-order chi connectivity index (χ0) is 18.7. The molecule has 1 heterocycles. The maximum atomic E-state index is 11.8. The van der Waals surface area contributed by atoms with Crippen molar-refractivity contribution in [3.8, 4) is 17.2 Å². The summed E-state index contributed by atoms with van der Waals surface area (Å²) < 4.78 is 11.2. The topological polar surface area (TPSA) is 85.4 Å². The van der Waals surface area contributed by atoms with Crippen LogP contribution in [0.3, 0.4) is 0 Å². The summed E-state index contributed by atoms with van der Waals surface area (Å²) in [5, 5.41) is 5.77. The predicted octanol–water partition coefficient (Wildman–Crippen LogP) is 2.88. The van der Waals surface area contributed by atoms with Gasteiger partial charge in [0.25, 0.3) is 5.91 Å². The van der Waals surface area contributed by atoms with Crippen LogP contribution in [0.25, 0.3) is 0 Å². The molecule has 0 atom stereocenters. The minimum absolute atomic E-state index is 0.0548. The third kappa shape index (κ3) is 6.32. The fourth-order valence-corrected chi connectivity index (χ4v) is 2.20. The highest BCUT2D eigenvalue weighted by Gasteiger charge is 2.03. The second-order valence-corrected chi connectivity index (χ2v) is 5.52. The van der Waals surface area contributed by atoms with Crippen molar-refractivity contribution in [2.24, 2.45) is 0 Å². The zero-order valence-corrected chi connectivity index (χ0v) is 14.7. The van der Waals surface area contributed by atoms with Crippen LogP contribution in [-0.2, 0) is 4.79 Å². The lowest BCUT2D eigenvalue weighted by Crippen LogP contribution is -2.32. The van der Waals surface area contributed by atoms with Crippen molar-refractivity contribution in [1.29, 1.82) is 0 Å². The van der Waals surface area contributed by atoms with Gasteiger partial charge in [-0.25, -0.2) is 9.97 Å². The largest absolute Gasteiger partial charge is 0.484 e. The van der Waals surface area contributed by atoms with E-state index < -0.39 is 0 Å². The van der Waals surface area contributed by atoms with Gasteiger partial charge < -0.3 is 20.1 Å². The second kappa shape index (κ2) is 9.76. The molecule has 2 N–H and O–H groups in total. The number of rotatable bonds is 9. The summed E-state index contributed by atoms with van der Waals surface area (Å²) >= 11 is 0. The summed E-state index contributed by atoms with van der Waals surface area (Å²) in [7, 11) is 0. The Kier molecular flexibility index (Phi) is 6.58. The molecule has 1 aromatic heterocycles. The van der Waals surface area contributed by atoms with E-state index in [4.69, 9.17) is 9.47 Å². The summed E-state index contributed by atoms with van der Waals surface area (Å²) in [5.41, 5.74) is 0. The second-order valence-electron chi connectivity index (χ2n) is 5.52. The van der Waals surface area contributed by atoms with Crippen molar-refractivity contribution in [1.82, 2.24) is 15.3 Å². The third-order valence-electron chi connectivity index (χ3n) is 3.47. The molecule has 0 aliphatic carbocycles. The number of aromatic nitrogens is 2. The molecule has 0 saturated carbocycles. The number of benzene rings is 2. The number of anilines is 1. The molecule has 138 valence electrons. The van der Waals surface area contributed by atoms with E-state index in [1.807, 2.05) is 30.3 Å². The Bertz CT molecular complexity index is 827. The first-order valence-corrected chi connectivity index (χ1v) is 8.53. The van der Waals surface area contributed by atoms with Crippen LogP contribution in [0.15, 0.2) is 73.1 Å². The fourth-order valence-electron chi connectivity index (χ4n) is 2.20. The number of nitrogens with zero attached hydrogens (tertiary/aromatic N) is 2. The van der Waals surface area contributed by atoms with Crippen molar-refractivity contribution in [3.63, 3.8) is 0 Å². The van der Waals surface area contributed by atoms with Gasteiger partial charge in [-0.3, -0.25) is 4.79 Å². The van der Waals surface area contributed by atoms with Gasteiger partial charge in [0.2, 0.25) is 5.95 Å². The van der Waals surface area contributed by atoms with Crippen LogP contribution in [0.4, 0.5) is 5.95 Å². The standard InChI is InChI=1S/C20H20N4O3/c25-19(21-13-14-24-20-22-11-4-12-23-20)15-26-16-7-9-18(10-8-16)27-17-5-2-1-3-6-17/h1-12H,13-15H2,(H,21,25)(H,22,23,24). The van der Waals surface area contributed by atoms with Gasteiger partial charge in [-0.05, 0) is 42.5 Å². The van der Waals surface area contributed by atoms with E-state index in [0.29, 0.717) is 30.5 Å². The Hall–Kier alpha value is -3.61. The van der Waals surface area contributed by atoms with E-state index in [-0.39, 0.29) is 12.5 Å². The number of carbonyl (C=O) groups excluding carboxylic acids is 1. The molecule has 0 bridgehead atoms. The van der Waals surface area contributed by atoms with E-state index in [1.54, 1.807) is 42.7 Å². The van der Waals surface area contributed by atoms with Gasteiger partial charge in [-0.1, -0.05) is 18.2 Å². The quantitative estimate of drug-likeness (QED) is 0.568. The monoisotopic (exact) mass is 364 g/mol. The first-order valence-electron chi connectivity index (χ1n) is 8.53. The van der Waals surface area contributed by atoms with Crippen molar-refractivity contribution in [2.45, 2.75) is 0 Å². The van der Waals surface area contributed by atoms with Crippen LogP contribution < -0.4 is 20.1 Å². The van der Waals surface area contributed by atoms with Crippen LogP contribution >= 0.6 is 0 Å². The van der Waals surface area contributed by atoms with Crippen LogP contribution in [0.2, 0.25) is 0 Å². The first kappa shape index (κ1) is 18.2. The molecule has 3 aromatic rings. The van der Waals surface area contributed by atoms with Crippen molar-refractivity contribution in [2.75, 3.05) is 25.0 Å². The molecule has 0 spiro atoms. The van der Waals surface area contributed by atoms with Gasteiger partial charge in [0.15, 0.2) is 6.61 Å². The SMILES string of the molecule is O=C(COc1ccc(Oc2ccccc2)cc1)NCCNc1ncccn1. The van der Waals surface area contributed by atoms with Gasteiger partial charge in [-0.15, -0.1) is 0 Å². The summed E-state index contributed by atoms with van der Waals surface area (Å²) in [6.07, 6.45) is 3.30. The number of amides is 1.